The third-order valence-electron chi connectivity index (χ3n) is 3.54. The lowest BCUT2D eigenvalue weighted by Gasteiger charge is -2.22. The zero-order valence-corrected chi connectivity index (χ0v) is 11.7. The van der Waals surface area contributed by atoms with Gasteiger partial charge in [-0.05, 0) is 25.7 Å². The summed E-state index contributed by atoms with van der Waals surface area (Å²) in [6, 6.07) is 1.11. The Kier molecular flexibility index (Phi) is 4.78. The molecule has 1 aliphatic rings. The van der Waals surface area contributed by atoms with E-state index in [-0.39, 0.29) is 0 Å². The van der Waals surface area contributed by atoms with Gasteiger partial charge in [-0.2, -0.15) is 0 Å². The molecule has 1 aromatic rings. The van der Waals surface area contributed by atoms with Crippen molar-refractivity contribution in [1.82, 2.24) is 14.9 Å². The van der Waals surface area contributed by atoms with Crippen molar-refractivity contribution in [3.05, 3.63) is 18.2 Å². The minimum absolute atomic E-state index is 0.410. The van der Waals surface area contributed by atoms with Gasteiger partial charge in [-0.15, -0.1) is 0 Å². The molecule has 1 heterocycles. The topological polar surface area (TPSA) is 39.1 Å². The van der Waals surface area contributed by atoms with E-state index in [2.05, 4.69) is 28.7 Å². The van der Waals surface area contributed by atoms with Crippen LogP contribution in [-0.4, -0.2) is 28.8 Å². The second kappa shape index (κ2) is 6.34. The van der Waals surface area contributed by atoms with Gasteiger partial charge >= 0.3 is 0 Å². The fraction of sp³-hybridized carbons (Fsp3) is 0.786. The van der Waals surface area contributed by atoms with E-state index in [9.17, 15) is 0 Å². The maximum atomic E-state index is 5.53. The summed E-state index contributed by atoms with van der Waals surface area (Å²) in [6.07, 6.45) is 6.54. The van der Waals surface area contributed by atoms with E-state index < -0.39 is 0 Å². The van der Waals surface area contributed by atoms with E-state index >= 15 is 0 Å². The average molecular weight is 251 g/mol. The smallest absolute Gasteiger partial charge is 0.0951 e. The molecule has 1 N–H and O–H groups in total. The van der Waals surface area contributed by atoms with Crippen LogP contribution in [0.4, 0.5) is 0 Å². The van der Waals surface area contributed by atoms with Gasteiger partial charge < -0.3 is 14.6 Å². The predicted octanol–water partition coefficient (Wildman–Crippen LogP) is 2.37. The Hall–Kier alpha value is -0.870. The van der Waals surface area contributed by atoms with Crippen LogP contribution in [0, 0.1) is 5.92 Å². The van der Waals surface area contributed by atoms with Crippen LogP contribution in [0.2, 0.25) is 0 Å². The predicted molar refractivity (Wildman–Crippen MR) is 72.5 cm³/mol. The Balaban J connectivity index is 1.85. The van der Waals surface area contributed by atoms with E-state index in [1.54, 1.807) is 0 Å². The molecule has 0 radical (unpaired) electrons. The number of hydrogen-bond acceptors (Lipinski definition) is 3. The van der Waals surface area contributed by atoms with Crippen LogP contribution >= 0.6 is 0 Å². The monoisotopic (exact) mass is 251 g/mol. The summed E-state index contributed by atoms with van der Waals surface area (Å²) < 4.78 is 7.84. The molecule has 0 amide bonds. The van der Waals surface area contributed by atoms with Gasteiger partial charge in [0.1, 0.15) is 0 Å². The first kappa shape index (κ1) is 13.6. The molecular weight excluding hydrogens is 226 g/mol. The molecule has 1 saturated carbocycles. The molecular formula is C14H25N3O. The summed E-state index contributed by atoms with van der Waals surface area (Å²) in [7, 11) is 0. The first-order valence-electron chi connectivity index (χ1n) is 7.04. The number of hydrogen-bond donors (Lipinski definition) is 1. The summed E-state index contributed by atoms with van der Waals surface area (Å²) in [4.78, 5) is 4.26. The van der Waals surface area contributed by atoms with Crippen LogP contribution < -0.4 is 5.32 Å². The van der Waals surface area contributed by atoms with Gasteiger partial charge in [0.2, 0.25) is 0 Å². The van der Waals surface area contributed by atoms with Gasteiger partial charge in [-0.25, -0.2) is 4.98 Å². The SMILES string of the molecule is CCOCC(NCc1cncn1C1CC1)C(C)C. The summed E-state index contributed by atoms with van der Waals surface area (Å²) in [6.45, 7) is 8.95. The van der Waals surface area contributed by atoms with Gasteiger partial charge in [0.15, 0.2) is 0 Å². The van der Waals surface area contributed by atoms with Crippen molar-refractivity contribution in [1.29, 1.82) is 0 Å². The van der Waals surface area contributed by atoms with E-state index in [0.717, 1.165) is 19.8 Å². The van der Waals surface area contributed by atoms with E-state index in [0.29, 0.717) is 18.0 Å². The lowest BCUT2D eigenvalue weighted by Crippen LogP contribution is -2.38. The molecule has 0 spiro atoms. The highest BCUT2D eigenvalue weighted by Gasteiger charge is 2.25. The number of ether oxygens (including phenoxy) is 1. The summed E-state index contributed by atoms with van der Waals surface area (Å²) in [5.41, 5.74) is 1.29. The maximum absolute atomic E-state index is 5.53. The molecule has 4 heteroatoms. The van der Waals surface area contributed by atoms with Crippen LogP contribution in [0.15, 0.2) is 12.5 Å². The Labute approximate surface area is 110 Å². The van der Waals surface area contributed by atoms with Crippen LogP contribution in [0.25, 0.3) is 0 Å². The quantitative estimate of drug-likeness (QED) is 0.771. The second-order valence-corrected chi connectivity index (χ2v) is 5.41. The van der Waals surface area contributed by atoms with E-state index in [4.69, 9.17) is 4.74 Å². The number of imidazole rings is 1. The Morgan fingerprint density at radius 3 is 2.89 bits per heavy atom. The molecule has 0 aliphatic heterocycles. The van der Waals surface area contributed by atoms with Gasteiger partial charge in [0.25, 0.3) is 0 Å². The molecule has 18 heavy (non-hydrogen) atoms. The van der Waals surface area contributed by atoms with Gasteiger partial charge in [0, 0.05) is 31.4 Å². The van der Waals surface area contributed by atoms with Crippen molar-refractivity contribution in [2.75, 3.05) is 13.2 Å². The van der Waals surface area contributed by atoms with E-state index in [1.807, 2.05) is 19.4 Å². The summed E-state index contributed by atoms with van der Waals surface area (Å²) in [5.74, 6) is 0.578. The second-order valence-electron chi connectivity index (χ2n) is 5.41. The molecule has 102 valence electrons. The van der Waals surface area contributed by atoms with Gasteiger partial charge in [-0.1, -0.05) is 13.8 Å². The van der Waals surface area contributed by atoms with Crippen molar-refractivity contribution in [2.45, 2.75) is 52.2 Å². The largest absolute Gasteiger partial charge is 0.380 e. The minimum Gasteiger partial charge on any atom is -0.380 e. The van der Waals surface area contributed by atoms with Crippen molar-refractivity contribution >= 4 is 0 Å². The normalized spacial score (nSPS) is 17.3. The van der Waals surface area contributed by atoms with Crippen LogP contribution in [0.1, 0.15) is 45.3 Å². The molecule has 0 bridgehead atoms. The minimum atomic E-state index is 0.410. The highest BCUT2D eigenvalue weighted by atomic mass is 16.5. The zero-order chi connectivity index (χ0) is 13.0. The lowest BCUT2D eigenvalue weighted by atomic mass is 10.1. The molecule has 4 nitrogen and oxygen atoms in total. The number of aromatic nitrogens is 2. The Bertz CT molecular complexity index is 358. The maximum Gasteiger partial charge on any atom is 0.0951 e. The first-order chi connectivity index (χ1) is 8.72. The molecule has 2 rings (SSSR count). The van der Waals surface area contributed by atoms with Crippen molar-refractivity contribution in [3.8, 4) is 0 Å². The van der Waals surface area contributed by atoms with Gasteiger partial charge in [0.05, 0.1) is 18.6 Å². The average Bonchev–Trinajstić information content (AvgIpc) is 3.09. The number of nitrogens with zero attached hydrogens (tertiary/aromatic N) is 2. The molecule has 1 atom stereocenters. The third kappa shape index (κ3) is 3.56. The highest BCUT2D eigenvalue weighted by Crippen LogP contribution is 2.35. The molecule has 1 aliphatic carbocycles. The van der Waals surface area contributed by atoms with Gasteiger partial charge in [-0.3, -0.25) is 0 Å². The van der Waals surface area contributed by atoms with Crippen molar-refractivity contribution < 1.29 is 4.74 Å². The lowest BCUT2D eigenvalue weighted by molar-refractivity contribution is 0.107. The van der Waals surface area contributed by atoms with E-state index in [1.165, 1.54) is 18.5 Å². The summed E-state index contributed by atoms with van der Waals surface area (Å²) >= 11 is 0. The van der Waals surface area contributed by atoms with Crippen LogP contribution in [0.3, 0.4) is 0 Å². The number of rotatable bonds is 8. The Morgan fingerprint density at radius 2 is 2.28 bits per heavy atom. The third-order valence-corrected chi connectivity index (χ3v) is 3.54. The molecule has 1 unspecified atom stereocenters. The zero-order valence-electron chi connectivity index (χ0n) is 11.7. The molecule has 0 saturated heterocycles. The highest BCUT2D eigenvalue weighted by molar-refractivity contribution is 5.03. The van der Waals surface area contributed by atoms with Crippen molar-refractivity contribution in [2.24, 2.45) is 5.92 Å². The van der Waals surface area contributed by atoms with Crippen LogP contribution in [0.5, 0.6) is 0 Å². The molecule has 1 fully saturated rings. The first-order valence-corrected chi connectivity index (χ1v) is 7.04. The van der Waals surface area contributed by atoms with Crippen LogP contribution in [-0.2, 0) is 11.3 Å². The fourth-order valence-electron chi connectivity index (χ4n) is 2.12. The molecule has 1 aromatic heterocycles. The van der Waals surface area contributed by atoms with Crippen molar-refractivity contribution in [3.63, 3.8) is 0 Å². The summed E-state index contributed by atoms with van der Waals surface area (Å²) in [5, 5.41) is 3.59. The molecule has 0 aromatic carbocycles. The standard InChI is InChI=1S/C14H25N3O/c1-4-18-9-14(11(2)3)16-8-13-7-15-10-17(13)12-5-6-12/h7,10-12,14,16H,4-6,8-9H2,1-3H3. The Morgan fingerprint density at radius 1 is 1.50 bits per heavy atom. The number of nitrogens with one attached hydrogen (secondary N) is 1. The fourth-order valence-corrected chi connectivity index (χ4v) is 2.12.